The zero-order valence-corrected chi connectivity index (χ0v) is 44.5. The molecule has 0 bridgehead atoms. The van der Waals surface area contributed by atoms with E-state index < -0.39 is 140 Å². The van der Waals surface area contributed by atoms with Gasteiger partial charge in [0.05, 0.1) is 54.9 Å². The Morgan fingerprint density at radius 3 is 1.96 bits per heavy atom. The summed E-state index contributed by atoms with van der Waals surface area (Å²) in [5, 5.41) is 76.2. The molecular weight excluding hydrogens is 957 g/mol. The molecule has 8 aliphatic rings. The van der Waals surface area contributed by atoms with Gasteiger partial charge in [-0.2, -0.15) is 0 Å². The zero-order chi connectivity index (χ0) is 53.1. The van der Waals surface area contributed by atoms with Crippen molar-refractivity contribution in [3.8, 4) is 0 Å². The highest BCUT2D eigenvalue weighted by Gasteiger charge is 2.71. The fourth-order valence-electron chi connectivity index (χ4n) is 14.5. The number of carbonyl (C=O) groups excluding carboxylic acids is 1. The van der Waals surface area contributed by atoms with Crippen LogP contribution in [-0.2, 0) is 61.6 Å². The summed E-state index contributed by atoms with van der Waals surface area (Å²) < 4.78 is 74.4. The highest BCUT2D eigenvalue weighted by Crippen LogP contribution is 2.69. The van der Waals surface area contributed by atoms with Crippen molar-refractivity contribution >= 4 is 5.97 Å². The third-order valence-corrected chi connectivity index (χ3v) is 18.9. The number of rotatable bonds is 15. The average Bonchev–Trinajstić information content (AvgIpc) is 3.65. The van der Waals surface area contributed by atoms with Gasteiger partial charge in [-0.15, -0.1) is 0 Å². The van der Waals surface area contributed by atoms with E-state index in [4.69, 9.17) is 56.8 Å². The molecule has 4 aliphatic carbocycles. The van der Waals surface area contributed by atoms with E-state index in [1.165, 1.54) is 12.7 Å². The lowest BCUT2D eigenvalue weighted by Crippen LogP contribution is -2.67. The highest BCUT2D eigenvalue weighted by molar-refractivity contribution is 5.87. The second kappa shape index (κ2) is 22.9. The van der Waals surface area contributed by atoms with Gasteiger partial charge >= 0.3 is 5.97 Å². The molecule has 7 fully saturated rings. The Bertz CT molecular complexity index is 1940. The first-order chi connectivity index (χ1) is 34.6. The molecule has 418 valence electrons. The van der Waals surface area contributed by atoms with Gasteiger partial charge in [0.25, 0.3) is 0 Å². The van der Waals surface area contributed by atoms with Crippen molar-refractivity contribution in [1.82, 2.24) is 0 Å². The second-order valence-corrected chi connectivity index (χ2v) is 22.8. The van der Waals surface area contributed by atoms with Crippen LogP contribution in [0, 0.1) is 28.6 Å². The van der Waals surface area contributed by atoms with Crippen LogP contribution in [0.4, 0.5) is 0 Å². The monoisotopic (exact) mass is 1040 g/mol. The maximum Gasteiger partial charge on any atom is 0.333 e. The molecule has 0 aromatic carbocycles. The van der Waals surface area contributed by atoms with Crippen molar-refractivity contribution in [2.75, 3.05) is 27.9 Å². The topological polar surface area (TPSA) is 269 Å². The fourth-order valence-corrected chi connectivity index (χ4v) is 14.5. The molecule has 0 radical (unpaired) electrons. The van der Waals surface area contributed by atoms with Crippen molar-refractivity contribution in [3.63, 3.8) is 0 Å². The molecule has 0 spiro atoms. The summed E-state index contributed by atoms with van der Waals surface area (Å²) in [6.07, 6.45) is -9.40. The Labute approximate surface area is 429 Å². The Kier molecular flexibility index (Phi) is 18.0. The van der Waals surface area contributed by atoms with E-state index in [1.807, 2.05) is 27.7 Å². The number of aliphatic hydroxyl groups is 7. The number of fused-ring (bicyclic) bond motifs is 5. The minimum Gasteiger partial charge on any atom is -0.458 e. The molecule has 20 heteroatoms. The standard InChI is InChI=1S/C53H86O20/c1-12-24(2)48(60)70-37-20-33-32(53(61)18-16-31(25(3)55)52(37,53)8)14-13-29-19-30(15-17-51(29,33)7)68-38-21-34(62-9)44(26(4)65-38)71-39-22-35(63-10)45(27(5)66-39)72-50-43(59)47(64-11)46(28(6)67-50)73-49-42(58)41(57)40(56)36(23-54)69-49/h12-13,25-28,30-47,49-50,54-59,61H,14-23H2,1-11H3/b24-12+/t25-,26-,27-,28-,30+,31-,32-,33+,34+,35+,36-,37-,38+,39+,40-,41+,42-,43-,44+,45+,46-,47+,49+,50+,51+,52+,53+/m1/s1. The van der Waals surface area contributed by atoms with E-state index in [0.29, 0.717) is 44.1 Å². The summed E-state index contributed by atoms with van der Waals surface area (Å²) in [5.74, 6) is -0.562. The molecule has 0 aromatic rings. The number of hydrogen-bond donors (Lipinski definition) is 7. The largest absolute Gasteiger partial charge is 0.458 e. The Morgan fingerprint density at radius 2 is 1.36 bits per heavy atom. The number of hydrogen-bond acceptors (Lipinski definition) is 20. The van der Waals surface area contributed by atoms with Crippen LogP contribution >= 0.6 is 0 Å². The average molecular weight is 1040 g/mol. The van der Waals surface area contributed by atoms with Crippen LogP contribution in [0.15, 0.2) is 23.3 Å². The van der Waals surface area contributed by atoms with Crippen LogP contribution in [0.25, 0.3) is 0 Å². The molecule has 0 aromatic heterocycles. The van der Waals surface area contributed by atoms with Crippen LogP contribution in [0.3, 0.4) is 0 Å². The lowest BCUT2D eigenvalue weighted by Gasteiger charge is -2.63. The number of esters is 1. The summed E-state index contributed by atoms with van der Waals surface area (Å²) in [6.45, 7) is 14.5. The van der Waals surface area contributed by atoms with Crippen molar-refractivity contribution in [1.29, 1.82) is 0 Å². The van der Waals surface area contributed by atoms with Crippen molar-refractivity contribution < 1.29 is 97.4 Å². The third-order valence-electron chi connectivity index (χ3n) is 18.9. The van der Waals surface area contributed by atoms with Gasteiger partial charge in [-0.1, -0.05) is 31.6 Å². The summed E-state index contributed by atoms with van der Waals surface area (Å²) >= 11 is 0. The Hall–Kier alpha value is -1.77. The summed E-state index contributed by atoms with van der Waals surface area (Å²) in [6, 6.07) is 0. The Morgan fingerprint density at radius 1 is 0.753 bits per heavy atom. The second-order valence-electron chi connectivity index (χ2n) is 22.8. The normalized spacial score (nSPS) is 50.8. The lowest BCUT2D eigenvalue weighted by atomic mass is 9.44. The smallest absolute Gasteiger partial charge is 0.333 e. The van der Waals surface area contributed by atoms with E-state index in [1.54, 1.807) is 41.1 Å². The SMILES string of the molecule is C/C=C(\C)C(=O)O[C@@H]1C[C@H]2[C@@H](CC=C3C[C@@H](O[C@H]4C[C@H](OC)[C@@H](O[C@H]5C[C@H](OC)[C@@H](O[C@@H]6O[C@H](C)[C@@H](O[C@@H]7O[C@H](CO)[C@@H](O)[C@H](O)[C@H]7O)[C@@H](OC)[C@H]6O)[C@@H](C)O5)[C@@H](C)O4)CC[C@@]32C)[C@@]2(O)CC[C@H]([C@@H](C)O)[C@@]12C. The van der Waals surface area contributed by atoms with E-state index in [9.17, 15) is 40.5 Å². The summed E-state index contributed by atoms with van der Waals surface area (Å²) in [4.78, 5) is 13.4. The van der Waals surface area contributed by atoms with Crippen LogP contribution in [0.1, 0.15) is 113 Å². The third kappa shape index (κ3) is 10.5. The van der Waals surface area contributed by atoms with Crippen molar-refractivity contribution in [2.45, 2.75) is 248 Å². The van der Waals surface area contributed by atoms with Gasteiger partial charge in [-0.25, -0.2) is 4.79 Å². The van der Waals surface area contributed by atoms with Gasteiger partial charge in [-0.05, 0) is 110 Å². The lowest BCUT2D eigenvalue weighted by molar-refractivity contribution is -0.373. The Balaban J connectivity index is 0.865. The molecule has 7 N–H and O–H groups in total. The van der Waals surface area contributed by atoms with Crippen molar-refractivity contribution in [3.05, 3.63) is 23.3 Å². The van der Waals surface area contributed by atoms with Crippen LogP contribution in [-0.4, -0.2) is 204 Å². The summed E-state index contributed by atoms with van der Waals surface area (Å²) in [5.41, 5.74) is -0.339. The first-order valence-corrected chi connectivity index (χ1v) is 26.7. The van der Waals surface area contributed by atoms with Crippen LogP contribution < -0.4 is 0 Å². The number of aliphatic hydroxyl groups excluding tert-OH is 6. The van der Waals surface area contributed by atoms with Gasteiger partial charge in [0.2, 0.25) is 0 Å². The fraction of sp³-hybridized carbons (Fsp3) is 0.906. The maximum atomic E-state index is 13.4. The van der Waals surface area contributed by atoms with Crippen LogP contribution in [0.2, 0.25) is 0 Å². The molecule has 0 amide bonds. The van der Waals surface area contributed by atoms with Crippen molar-refractivity contribution in [2.24, 2.45) is 28.6 Å². The predicted octanol–water partition coefficient (Wildman–Crippen LogP) is 2.31. The molecule has 3 saturated carbocycles. The molecular formula is C53H86O20. The molecule has 73 heavy (non-hydrogen) atoms. The first kappa shape index (κ1) is 57.4. The molecule has 4 aliphatic heterocycles. The van der Waals surface area contributed by atoms with Gasteiger partial charge < -0.3 is 92.6 Å². The zero-order valence-electron chi connectivity index (χ0n) is 44.5. The highest BCUT2D eigenvalue weighted by atomic mass is 16.8. The quantitative estimate of drug-likeness (QED) is 0.0705. The van der Waals surface area contributed by atoms with E-state index in [0.717, 1.165) is 12.8 Å². The molecule has 8 rings (SSSR count). The van der Waals surface area contributed by atoms with Gasteiger partial charge in [0.1, 0.15) is 61.0 Å². The number of allylic oxidation sites excluding steroid dienone is 2. The number of ether oxygens (including phenoxy) is 12. The minimum atomic E-state index is -1.67. The van der Waals surface area contributed by atoms with Gasteiger partial charge in [-0.3, -0.25) is 0 Å². The first-order valence-electron chi connectivity index (χ1n) is 26.7. The van der Waals surface area contributed by atoms with E-state index in [-0.39, 0.29) is 41.7 Å². The molecule has 4 saturated heterocycles. The van der Waals surface area contributed by atoms with E-state index >= 15 is 0 Å². The van der Waals surface area contributed by atoms with E-state index in [2.05, 4.69) is 13.0 Å². The minimum absolute atomic E-state index is 0.0426. The molecule has 20 nitrogen and oxygen atoms in total. The number of methoxy groups -OCH3 is 3. The molecule has 0 unspecified atom stereocenters. The molecule has 4 heterocycles. The van der Waals surface area contributed by atoms with Crippen LogP contribution in [0.5, 0.6) is 0 Å². The van der Waals surface area contributed by atoms with Gasteiger partial charge in [0.15, 0.2) is 25.2 Å². The van der Waals surface area contributed by atoms with Gasteiger partial charge in [0, 0.05) is 45.2 Å². The maximum absolute atomic E-state index is 13.4. The predicted molar refractivity (Wildman–Crippen MR) is 257 cm³/mol. The summed E-state index contributed by atoms with van der Waals surface area (Å²) in [7, 11) is 4.57. The number of carbonyl (C=O) groups is 1. The molecule has 27 atom stereocenters.